The van der Waals surface area contributed by atoms with Crippen LogP contribution in [-0.4, -0.2) is 27.7 Å². The lowest BCUT2D eigenvalue weighted by Crippen LogP contribution is -2.12. The van der Waals surface area contributed by atoms with Gasteiger partial charge in [-0.05, 0) is 24.6 Å². The Labute approximate surface area is 105 Å². The Kier molecular flexibility index (Phi) is 3.72. The summed E-state index contributed by atoms with van der Waals surface area (Å²) in [6, 6.07) is 3.66. The van der Waals surface area contributed by atoms with Crippen LogP contribution in [0.3, 0.4) is 0 Å². The number of nitrogens with zero attached hydrogens (tertiary/aromatic N) is 3. The van der Waals surface area contributed by atoms with Crippen LogP contribution in [0.4, 0.5) is 0 Å². The maximum atomic E-state index is 12.3. The summed E-state index contributed by atoms with van der Waals surface area (Å²) in [4.78, 5) is 16.2. The van der Waals surface area contributed by atoms with E-state index in [-0.39, 0.29) is 5.78 Å². The van der Waals surface area contributed by atoms with Gasteiger partial charge in [-0.2, -0.15) is 5.10 Å². The fourth-order valence-corrected chi connectivity index (χ4v) is 1.81. The normalized spacial score (nSPS) is 10.3. The summed E-state index contributed by atoms with van der Waals surface area (Å²) in [7, 11) is 1.54. The van der Waals surface area contributed by atoms with Crippen molar-refractivity contribution in [1.29, 1.82) is 0 Å². The van der Waals surface area contributed by atoms with Crippen LogP contribution < -0.4 is 4.74 Å². The quantitative estimate of drug-likeness (QED) is 0.753. The molecule has 0 aliphatic carbocycles. The van der Waals surface area contributed by atoms with Gasteiger partial charge < -0.3 is 4.74 Å². The highest BCUT2D eigenvalue weighted by atomic mass is 16.5. The van der Waals surface area contributed by atoms with Gasteiger partial charge in [0.25, 0.3) is 0 Å². The molecule has 0 unspecified atom stereocenters. The lowest BCUT2D eigenvalue weighted by Gasteiger charge is -2.06. The molecule has 2 rings (SSSR count). The van der Waals surface area contributed by atoms with Gasteiger partial charge >= 0.3 is 0 Å². The molecule has 0 fully saturated rings. The van der Waals surface area contributed by atoms with Gasteiger partial charge in [0, 0.05) is 25.4 Å². The first-order valence-corrected chi connectivity index (χ1v) is 5.78. The molecule has 5 heteroatoms. The van der Waals surface area contributed by atoms with E-state index in [0.717, 1.165) is 5.56 Å². The molecule has 2 aromatic rings. The maximum Gasteiger partial charge on any atom is 0.189 e. The van der Waals surface area contributed by atoms with Crippen molar-refractivity contribution in [1.82, 2.24) is 14.8 Å². The molecule has 0 aliphatic rings. The minimum atomic E-state index is -0.00241. The Hall–Kier alpha value is -2.17. The Morgan fingerprint density at radius 1 is 1.39 bits per heavy atom. The minimum Gasteiger partial charge on any atom is -0.493 e. The summed E-state index contributed by atoms with van der Waals surface area (Å²) in [6.45, 7) is 2.58. The molecule has 0 atom stereocenters. The van der Waals surface area contributed by atoms with Crippen LogP contribution in [0.2, 0.25) is 0 Å². The molecule has 18 heavy (non-hydrogen) atoms. The molecule has 94 valence electrons. The molecule has 0 aromatic carbocycles. The number of aromatic nitrogens is 3. The van der Waals surface area contributed by atoms with Gasteiger partial charge in [0.2, 0.25) is 0 Å². The molecular formula is C13H15N3O2. The standard InChI is InChI=1S/C13H15N3O2/c1-3-16-13(12(18-2)9-15-16)11(17)8-10-4-6-14-7-5-10/h4-7,9H,3,8H2,1-2H3. The minimum absolute atomic E-state index is 0.00241. The van der Waals surface area contributed by atoms with Crippen molar-refractivity contribution in [2.75, 3.05) is 7.11 Å². The molecule has 0 saturated carbocycles. The summed E-state index contributed by atoms with van der Waals surface area (Å²) in [5, 5.41) is 4.13. The highest BCUT2D eigenvalue weighted by molar-refractivity contribution is 5.98. The Morgan fingerprint density at radius 2 is 2.11 bits per heavy atom. The van der Waals surface area contributed by atoms with E-state index in [4.69, 9.17) is 4.74 Å². The molecule has 0 spiro atoms. The molecule has 0 N–H and O–H groups in total. The van der Waals surface area contributed by atoms with Gasteiger partial charge in [0.15, 0.2) is 11.5 Å². The number of hydrogen-bond donors (Lipinski definition) is 0. The van der Waals surface area contributed by atoms with E-state index >= 15 is 0 Å². The first kappa shape index (κ1) is 12.3. The van der Waals surface area contributed by atoms with Crippen LogP contribution in [0.1, 0.15) is 23.0 Å². The molecule has 0 radical (unpaired) electrons. The molecule has 0 amide bonds. The number of ether oxygens (including phenoxy) is 1. The van der Waals surface area contributed by atoms with Crippen LogP contribution in [-0.2, 0) is 13.0 Å². The molecule has 0 saturated heterocycles. The van der Waals surface area contributed by atoms with Crippen LogP contribution in [0.15, 0.2) is 30.7 Å². The first-order chi connectivity index (χ1) is 8.76. The fourth-order valence-electron chi connectivity index (χ4n) is 1.81. The molecule has 0 bridgehead atoms. The van der Waals surface area contributed by atoms with E-state index in [9.17, 15) is 4.79 Å². The second kappa shape index (κ2) is 5.44. The van der Waals surface area contributed by atoms with Crippen molar-refractivity contribution >= 4 is 5.78 Å². The lowest BCUT2D eigenvalue weighted by molar-refractivity contribution is 0.0979. The number of methoxy groups -OCH3 is 1. The van der Waals surface area contributed by atoms with Crippen molar-refractivity contribution in [3.05, 3.63) is 42.0 Å². The monoisotopic (exact) mass is 245 g/mol. The molecule has 5 nitrogen and oxygen atoms in total. The predicted octanol–water partition coefficient (Wildman–Crippen LogP) is 1.73. The number of carbonyl (C=O) groups excluding carboxylic acids is 1. The smallest absolute Gasteiger partial charge is 0.189 e. The van der Waals surface area contributed by atoms with Gasteiger partial charge in [-0.25, -0.2) is 0 Å². The van der Waals surface area contributed by atoms with Gasteiger partial charge in [-0.15, -0.1) is 0 Å². The first-order valence-electron chi connectivity index (χ1n) is 5.78. The third kappa shape index (κ3) is 2.40. The average molecular weight is 245 g/mol. The van der Waals surface area contributed by atoms with Crippen LogP contribution in [0.5, 0.6) is 5.75 Å². The van der Waals surface area contributed by atoms with E-state index in [1.54, 1.807) is 30.4 Å². The molecule has 2 heterocycles. The highest BCUT2D eigenvalue weighted by Gasteiger charge is 2.18. The highest BCUT2D eigenvalue weighted by Crippen LogP contribution is 2.19. The summed E-state index contributed by atoms with van der Waals surface area (Å²) < 4.78 is 6.83. The zero-order chi connectivity index (χ0) is 13.0. The number of Topliss-reactive ketones (excluding diaryl/α,β-unsaturated/α-hetero) is 1. The van der Waals surface area contributed by atoms with Crippen molar-refractivity contribution in [2.45, 2.75) is 19.9 Å². The summed E-state index contributed by atoms with van der Waals surface area (Å²) >= 11 is 0. The van der Waals surface area contributed by atoms with Crippen molar-refractivity contribution in [3.8, 4) is 5.75 Å². The third-order valence-electron chi connectivity index (χ3n) is 2.70. The van der Waals surface area contributed by atoms with Crippen LogP contribution in [0.25, 0.3) is 0 Å². The Balaban J connectivity index is 2.26. The summed E-state index contributed by atoms with van der Waals surface area (Å²) in [6.07, 6.45) is 5.25. The van der Waals surface area contributed by atoms with Crippen LogP contribution >= 0.6 is 0 Å². The topological polar surface area (TPSA) is 57.0 Å². The predicted molar refractivity (Wildman–Crippen MR) is 66.7 cm³/mol. The Morgan fingerprint density at radius 3 is 2.72 bits per heavy atom. The number of carbonyl (C=O) groups is 1. The van der Waals surface area contributed by atoms with Crippen LogP contribution in [0, 0.1) is 0 Å². The molecule has 0 aliphatic heterocycles. The van der Waals surface area contributed by atoms with Gasteiger partial charge in [0.05, 0.1) is 13.3 Å². The average Bonchev–Trinajstić information content (AvgIpc) is 2.82. The second-order valence-corrected chi connectivity index (χ2v) is 3.83. The third-order valence-corrected chi connectivity index (χ3v) is 2.70. The fraction of sp³-hybridized carbons (Fsp3) is 0.308. The van der Waals surface area contributed by atoms with Gasteiger partial charge in [0.1, 0.15) is 5.69 Å². The zero-order valence-electron chi connectivity index (χ0n) is 10.5. The largest absolute Gasteiger partial charge is 0.493 e. The molecule has 2 aromatic heterocycles. The number of rotatable bonds is 5. The van der Waals surface area contributed by atoms with E-state index < -0.39 is 0 Å². The van der Waals surface area contributed by atoms with Crippen molar-refractivity contribution in [2.24, 2.45) is 0 Å². The van der Waals surface area contributed by atoms with E-state index in [2.05, 4.69) is 10.1 Å². The summed E-state index contributed by atoms with van der Waals surface area (Å²) in [5.74, 6) is 0.522. The lowest BCUT2D eigenvalue weighted by atomic mass is 10.1. The number of ketones is 1. The maximum absolute atomic E-state index is 12.3. The summed E-state index contributed by atoms with van der Waals surface area (Å²) in [5.41, 5.74) is 1.46. The SMILES string of the molecule is CCn1ncc(OC)c1C(=O)Cc1ccncc1. The van der Waals surface area contributed by atoms with E-state index in [1.807, 2.05) is 19.1 Å². The number of aryl methyl sites for hydroxylation is 1. The Bertz CT molecular complexity index is 513. The van der Waals surface area contributed by atoms with E-state index in [0.29, 0.717) is 24.4 Å². The van der Waals surface area contributed by atoms with Crippen molar-refractivity contribution in [3.63, 3.8) is 0 Å². The van der Waals surface area contributed by atoms with Gasteiger partial charge in [-0.1, -0.05) is 0 Å². The van der Waals surface area contributed by atoms with Gasteiger partial charge in [-0.3, -0.25) is 14.5 Å². The zero-order valence-corrected chi connectivity index (χ0v) is 10.5. The number of pyridine rings is 1. The molecular weight excluding hydrogens is 230 g/mol. The van der Waals surface area contributed by atoms with Crippen molar-refractivity contribution < 1.29 is 9.53 Å². The van der Waals surface area contributed by atoms with E-state index in [1.165, 1.54) is 0 Å². The second-order valence-electron chi connectivity index (χ2n) is 3.83. The number of hydrogen-bond acceptors (Lipinski definition) is 4.